The number of carbonyl (C=O) groups excluding carboxylic acids is 4. The summed E-state index contributed by atoms with van der Waals surface area (Å²) < 4.78 is 0. The van der Waals surface area contributed by atoms with Crippen LogP contribution in [0.3, 0.4) is 0 Å². The van der Waals surface area contributed by atoms with E-state index >= 15 is 0 Å². The molecule has 0 aliphatic heterocycles. The minimum absolute atomic E-state index is 0.503. The maximum atomic E-state index is 12.6. The van der Waals surface area contributed by atoms with Gasteiger partial charge in [-0.15, -0.1) is 0 Å². The average Bonchev–Trinajstić information content (AvgIpc) is 2.61. The van der Waals surface area contributed by atoms with Crippen LogP contribution in [0.25, 0.3) is 0 Å². The average molecular weight is 447 g/mol. The summed E-state index contributed by atoms with van der Waals surface area (Å²) in [7, 11) is 0. The third-order valence-electron chi connectivity index (χ3n) is 4.06. The van der Waals surface area contributed by atoms with E-state index in [1.165, 1.54) is 20.8 Å². The lowest BCUT2D eigenvalue weighted by atomic mass is 10.0. The van der Waals surface area contributed by atoms with Gasteiger partial charge in [0.15, 0.2) is 0 Å². The van der Waals surface area contributed by atoms with Gasteiger partial charge in [-0.3, -0.25) is 24.0 Å². The number of primary amides is 1. The summed E-state index contributed by atoms with van der Waals surface area (Å²) in [6.07, 6.45) is -2.82. The van der Waals surface area contributed by atoms with Gasteiger partial charge in [-0.25, -0.2) is 4.79 Å². The van der Waals surface area contributed by atoms with Gasteiger partial charge in [-0.2, -0.15) is 0 Å². The van der Waals surface area contributed by atoms with Crippen LogP contribution in [0.2, 0.25) is 0 Å². The molecule has 0 aliphatic rings. The third kappa shape index (κ3) is 9.86. The summed E-state index contributed by atoms with van der Waals surface area (Å²) in [6, 6.07) is -5.99. The number of carbonyl (C=O) groups is 6. The summed E-state index contributed by atoms with van der Waals surface area (Å²) in [5, 5.41) is 34.1. The van der Waals surface area contributed by atoms with E-state index in [9.17, 15) is 33.9 Å². The van der Waals surface area contributed by atoms with Gasteiger partial charge < -0.3 is 42.7 Å². The fourth-order valence-corrected chi connectivity index (χ4v) is 2.39. The Labute approximate surface area is 177 Å². The molecule has 0 rings (SSSR count). The zero-order chi connectivity index (χ0) is 24.5. The summed E-state index contributed by atoms with van der Waals surface area (Å²) >= 11 is 0. The highest BCUT2D eigenvalue weighted by Crippen LogP contribution is 2.06. The molecule has 0 saturated heterocycles. The van der Waals surface area contributed by atoms with Crippen LogP contribution in [0.5, 0.6) is 0 Å². The van der Waals surface area contributed by atoms with Gasteiger partial charge in [-0.1, -0.05) is 13.8 Å². The van der Waals surface area contributed by atoms with Crippen molar-refractivity contribution in [3.63, 3.8) is 0 Å². The van der Waals surface area contributed by atoms with Gasteiger partial charge in [0.05, 0.1) is 25.0 Å². The number of carboxylic acid groups (broad SMARTS) is 2. The lowest BCUT2D eigenvalue weighted by molar-refractivity contribution is -0.147. The van der Waals surface area contributed by atoms with Crippen LogP contribution in [0.15, 0.2) is 0 Å². The number of nitrogens with one attached hydrogen (secondary N) is 3. The second-order valence-electron chi connectivity index (χ2n) is 7.23. The topological polar surface area (TPSA) is 251 Å². The van der Waals surface area contributed by atoms with Crippen LogP contribution in [-0.4, -0.2) is 81.2 Å². The quantitative estimate of drug-likeness (QED) is 0.137. The Bertz CT molecular complexity index is 710. The summed E-state index contributed by atoms with van der Waals surface area (Å²) in [5.74, 6) is -7.38. The fraction of sp³-hybridized carbons (Fsp3) is 0.647. The molecule has 0 heterocycles. The molecule has 0 aromatic rings. The second kappa shape index (κ2) is 12.4. The lowest BCUT2D eigenvalue weighted by Crippen LogP contribution is -2.61. The van der Waals surface area contributed by atoms with Crippen molar-refractivity contribution < 1.29 is 44.1 Å². The Hall–Kier alpha value is -3.26. The molecule has 5 unspecified atom stereocenters. The maximum Gasteiger partial charge on any atom is 0.326 e. The van der Waals surface area contributed by atoms with Gasteiger partial charge in [0.2, 0.25) is 23.6 Å². The number of aliphatic carboxylic acids is 2. The Balaban J connectivity index is 5.38. The number of hydrogen-bond acceptors (Lipinski definition) is 8. The van der Waals surface area contributed by atoms with Gasteiger partial charge >= 0.3 is 11.9 Å². The van der Waals surface area contributed by atoms with Crippen LogP contribution in [-0.2, 0) is 28.8 Å². The van der Waals surface area contributed by atoms with Crippen LogP contribution in [0.4, 0.5) is 0 Å². The van der Waals surface area contributed by atoms with Gasteiger partial charge in [0, 0.05) is 0 Å². The summed E-state index contributed by atoms with van der Waals surface area (Å²) in [5.41, 5.74) is 10.4. The molecule has 0 spiro atoms. The Morgan fingerprint density at radius 3 is 1.68 bits per heavy atom. The van der Waals surface area contributed by atoms with Crippen LogP contribution >= 0.6 is 0 Å². The summed E-state index contributed by atoms with van der Waals surface area (Å²) in [4.78, 5) is 69.9. The standard InChI is InChI=1S/C17H29N5O9/c1-6(2)12(15(28)20-9(17(30)31)5-11(25)26)21-16(29)13(7(3)23)22-14(27)8(18)4-10(19)24/h6-9,12-13,23H,4-5,18H2,1-3H3,(H2,19,24)(H,20,28)(H,21,29)(H,22,27)(H,25,26)(H,30,31). The van der Waals surface area contributed by atoms with E-state index in [2.05, 4.69) is 10.6 Å². The number of nitrogens with two attached hydrogens (primary N) is 2. The first-order valence-corrected chi connectivity index (χ1v) is 9.25. The molecule has 0 aromatic heterocycles. The highest BCUT2D eigenvalue weighted by Gasteiger charge is 2.34. The highest BCUT2D eigenvalue weighted by atomic mass is 16.4. The van der Waals surface area contributed by atoms with Crippen LogP contribution < -0.4 is 27.4 Å². The van der Waals surface area contributed by atoms with Crippen molar-refractivity contribution in [2.24, 2.45) is 17.4 Å². The number of carboxylic acids is 2. The van der Waals surface area contributed by atoms with Gasteiger partial charge in [0.25, 0.3) is 0 Å². The Morgan fingerprint density at radius 2 is 1.29 bits per heavy atom. The predicted octanol–water partition coefficient (Wildman–Crippen LogP) is -3.76. The zero-order valence-electron chi connectivity index (χ0n) is 17.3. The second-order valence-corrected chi connectivity index (χ2v) is 7.23. The van der Waals surface area contributed by atoms with E-state index in [4.69, 9.17) is 21.7 Å². The molecule has 0 fully saturated rings. The minimum Gasteiger partial charge on any atom is -0.481 e. The molecule has 31 heavy (non-hydrogen) atoms. The first kappa shape index (κ1) is 27.7. The Kier molecular flexibility index (Phi) is 11.1. The van der Waals surface area contributed by atoms with Crippen molar-refractivity contribution in [2.75, 3.05) is 0 Å². The largest absolute Gasteiger partial charge is 0.481 e. The molecular weight excluding hydrogens is 418 g/mol. The number of aliphatic hydroxyl groups is 1. The maximum absolute atomic E-state index is 12.6. The van der Waals surface area contributed by atoms with Crippen molar-refractivity contribution in [3.8, 4) is 0 Å². The first-order valence-electron chi connectivity index (χ1n) is 9.25. The SMILES string of the molecule is CC(C)C(NC(=O)C(NC(=O)C(N)CC(N)=O)C(C)O)C(=O)NC(CC(=O)O)C(=O)O. The summed E-state index contributed by atoms with van der Waals surface area (Å²) in [6.45, 7) is 4.23. The van der Waals surface area contributed by atoms with Crippen molar-refractivity contribution in [2.45, 2.75) is 63.9 Å². The Morgan fingerprint density at radius 1 is 0.806 bits per heavy atom. The highest BCUT2D eigenvalue weighted by molar-refractivity contribution is 5.95. The minimum atomic E-state index is -1.73. The van der Waals surface area contributed by atoms with Crippen molar-refractivity contribution in [3.05, 3.63) is 0 Å². The molecule has 0 aromatic carbocycles. The normalized spacial score (nSPS) is 15.7. The molecule has 176 valence electrons. The van der Waals surface area contributed by atoms with Crippen LogP contribution in [0.1, 0.15) is 33.6 Å². The predicted molar refractivity (Wildman–Crippen MR) is 104 cm³/mol. The van der Waals surface area contributed by atoms with Gasteiger partial charge in [0.1, 0.15) is 18.1 Å². The molecule has 0 radical (unpaired) electrons. The van der Waals surface area contributed by atoms with E-state index in [0.717, 1.165) is 0 Å². The van der Waals surface area contributed by atoms with Crippen molar-refractivity contribution in [1.82, 2.24) is 16.0 Å². The van der Waals surface area contributed by atoms with E-state index in [0.29, 0.717) is 0 Å². The fourth-order valence-electron chi connectivity index (χ4n) is 2.39. The van der Waals surface area contributed by atoms with Crippen molar-refractivity contribution >= 4 is 35.6 Å². The van der Waals surface area contributed by atoms with E-state index < -0.39 is 84.6 Å². The molecule has 14 heteroatoms. The number of hydrogen-bond donors (Lipinski definition) is 8. The number of amides is 4. The van der Waals surface area contributed by atoms with Crippen LogP contribution in [0, 0.1) is 5.92 Å². The molecule has 0 aliphatic carbocycles. The molecule has 5 atom stereocenters. The molecule has 0 saturated carbocycles. The zero-order valence-corrected chi connectivity index (χ0v) is 17.3. The lowest BCUT2D eigenvalue weighted by Gasteiger charge is -2.27. The molecule has 10 N–H and O–H groups in total. The van der Waals surface area contributed by atoms with Gasteiger partial charge in [-0.05, 0) is 12.8 Å². The smallest absolute Gasteiger partial charge is 0.326 e. The number of rotatable bonds is 13. The van der Waals surface area contributed by atoms with E-state index in [-0.39, 0.29) is 0 Å². The van der Waals surface area contributed by atoms with Crippen molar-refractivity contribution in [1.29, 1.82) is 0 Å². The van der Waals surface area contributed by atoms with E-state index in [1.807, 2.05) is 5.32 Å². The first-order chi connectivity index (χ1) is 14.2. The molecule has 14 nitrogen and oxygen atoms in total. The third-order valence-corrected chi connectivity index (χ3v) is 4.06. The number of aliphatic hydroxyl groups excluding tert-OH is 1. The van der Waals surface area contributed by atoms with E-state index in [1.54, 1.807) is 0 Å². The molecular formula is C17H29N5O9. The molecule has 4 amide bonds. The molecule has 0 bridgehead atoms. The monoisotopic (exact) mass is 447 g/mol.